The Hall–Kier alpha value is -1.62. The largest absolute Gasteiger partial charge is 0.353 e. The van der Waals surface area contributed by atoms with Gasteiger partial charge in [-0.15, -0.1) is 0 Å². The van der Waals surface area contributed by atoms with Gasteiger partial charge in [0.15, 0.2) is 5.13 Å². The summed E-state index contributed by atoms with van der Waals surface area (Å²) < 4.78 is 1.22. The molecule has 1 aromatic heterocycles. The molecule has 2 aromatic rings. The first-order valence-electron chi connectivity index (χ1n) is 9.20. The molecule has 0 spiro atoms. The van der Waals surface area contributed by atoms with Gasteiger partial charge < -0.3 is 10.2 Å². The number of nitrogens with zero attached hydrogens (tertiary/aromatic N) is 2. The van der Waals surface area contributed by atoms with Crippen molar-refractivity contribution in [2.45, 2.75) is 51.0 Å². The molecule has 2 fully saturated rings. The summed E-state index contributed by atoms with van der Waals surface area (Å²) in [5, 5.41) is 4.37. The van der Waals surface area contributed by atoms with Gasteiger partial charge in [-0.2, -0.15) is 0 Å². The molecular weight excluding hydrogens is 318 g/mol. The molecule has 1 saturated carbocycles. The lowest BCUT2D eigenvalue weighted by Gasteiger charge is -2.33. The SMILES string of the molecule is O=C(NC1CCCCC1)C1CCCN(c2nc3ccccc3s2)C1. The van der Waals surface area contributed by atoms with E-state index in [4.69, 9.17) is 4.98 Å². The molecule has 1 aromatic carbocycles. The van der Waals surface area contributed by atoms with E-state index in [1.54, 1.807) is 11.3 Å². The summed E-state index contributed by atoms with van der Waals surface area (Å²) in [7, 11) is 0. The molecule has 2 aliphatic rings. The molecule has 24 heavy (non-hydrogen) atoms. The Kier molecular flexibility index (Phi) is 4.69. The number of thiazole rings is 1. The molecule has 128 valence electrons. The Morgan fingerprint density at radius 1 is 1.12 bits per heavy atom. The van der Waals surface area contributed by atoms with Crippen LogP contribution in [0, 0.1) is 5.92 Å². The monoisotopic (exact) mass is 343 g/mol. The van der Waals surface area contributed by atoms with E-state index in [1.807, 2.05) is 6.07 Å². The van der Waals surface area contributed by atoms with E-state index in [9.17, 15) is 4.79 Å². The van der Waals surface area contributed by atoms with E-state index >= 15 is 0 Å². The molecule has 1 amide bonds. The van der Waals surface area contributed by atoms with E-state index in [0.29, 0.717) is 6.04 Å². The Bertz CT molecular complexity index is 674. The van der Waals surface area contributed by atoms with E-state index in [0.717, 1.165) is 49.4 Å². The van der Waals surface area contributed by atoms with E-state index in [2.05, 4.69) is 28.4 Å². The van der Waals surface area contributed by atoms with Crippen LogP contribution in [-0.4, -0.2) is 30.0 Å². The maximum absolute atomic E-state index is 12.7. The molecule has 1 aliphatic heterocycles. The van der Waals surface area contributed by atoms with Crippen molar-refractivity contribution in [2.24, 2.45) is 5.92 Å². The maximum Gasteiger partial charge on any atom is 0.225 e. The second-order valence-electron chi connectivity index (χ2n) is 7.09. The molecule has 1 unspecified atom stereocenters. The van der Waals surface area contributed by atoms with Gasteiger partial charge in [0, 0.05) is 19.1 Å². The van der Waals surface area contributed by atoms with Crippen molar-refractivity contribution in [2.75, 3.05) is 18.0 Å². The molecule has 1 saturated heterocycles. The summed E-state index contributed by atoms with van der Waals surface area (Å²) in [4.78, 5) is 19.7. The fourth-order valence-electron chi connectivity index (χ4n) is 3.93. The number of benzene rings is 1. The maximum atomic E-state index is 12.7. The molecule has 4 nitrogen and oxygen atoms in total. The minimum absolute atomic E-state index is 0.104. The predicted octanol–water partition coefficient (Wildman–Crippen LogP) is 3.96. The average molecular weight is 343 g/mol. The van der Waals surface area contributed by atoms with Gasteiger partial charge in [-0.05, 0) is 37.8 Å². The first-order valence-corrected chi connectivity index (χ1v) is 10.0. The Morgan fingerprint density at radius 3 is 2.79 bits per heavy atom. The number of amides is 1. The van der Waals surface area contributed by atoms with Crippen LogP contribution in [-0.2, 0) is 4.79 Å². The van der Waals surface area contributed by atoms with Crippen molar-refractivity contribution < 1.29 is 4.79 Å². The fraction of sp³-hybridized carbons (Fsp3) is 0.579. The number of carbonyl (C=O) groups is 1. The predicted molar refractivity (Wildman–Crippen MR) is 99.6 cm³/mol. The minimum Gasteiger partial charge on any atom is -0.353 e. The number of hydrogen-bond acceptors (Lipinski definition) is 4. The standard InChI is InChI=1S/C19H25N3OS/c23-18(20-15-8-2-1-3-9-15)14-7-6-12-22(13-14)19-21-16-10-4-5-11-17(16)24-19/h4-5,10-11,14-15H,1-3,6-9,12-13H2,(H,20,23). The number of rotatable bonds is 3. The van der Waals surface area contributed by atoms with Gasteiger partial charge in [0.2, 0.25) is 5.91 Å². The first-order chi connectivity index (χ1) is 11.8. The number of aromatic nitrogens is 1. The van der Waals surface area contributed by atoms with Crippen LogP contribution in [0.15, 0.2) is 24.3 Å². The third-order valence-corrected chi connectivity index (χ3v) is 6.39. The van der Waals surface area contributed by atoms with Crippen LogP contribution in [0.5, 0.6) is 0 Å². The van der Waals surface area contributed by atoms with Crippen LogP contribution < -0.4 is 10.2 Å². The summed E-state index contributed by atoms with van der Waals surface area (Å²) >= 11 is 1.74. The zero-order chi connectivity index (χ0) is 16.4. The molecular formula is C19H25N3OS. The molecule has 0 bridgehead atoms. The van der Waals surface area contributed by atoms with Gasteiger partial charge in [0.25, 0.3) is 0 Å². The summed E-state index contributed by atoms with van der Waals surface area (Å²) in [5.74, 6) is 0.361. The van der Waals surface area contributed by atoms with Crippen molar-refractivity contribution in [3.05, 3.63) is 24.3 Å². The number of anilines is 1. The molecule has 2 heterocycles. The Morgan fingerprint density at radius 2 is 1.96 bits per heavy atom. The van der Waals surface area contributed by atoms with Crippen LogP contribution in [0.3, 0.4) is 0 Å². The highest BCUT2D eigenvalue weighted by Crippen LogP contribution is 2.31. The number of hydrogen-bond donors (Lipinski definition) is 1. The lowest BCUT2D eigenvalue weighted by Crippen LogP contribution is -2.46. The number of carbonyl (C=O) groups excluding carboxylic acids is 1. The number of piperidine rings is 1. The number of fused-ring (bicyclic) bond motifs is 1. The van der Waals surface area contributed by atoms with E-state index < -0.39 is 0 Å². The Balaban J connectivity index is 1.42. The molecule has 0 radical (unpaired) electrons. The van der Waals surface area contributed by atoms with Crippen LogP contribution >= 0.6 is 11.3 Å². The second-order valence-corrected chi connectivity index (χ2v) is 8.10. The zero-order valence-electron chi connectivity index (χ0n) is 14.0. The molecule has 1 N–H and O–H groups in total. The van der Waals surface area contributed by atoms with E-state index in [1.165, 1.54) is 24.0 Å². The van der Waals surface area contributed by atoms with Gasteiger partial charge in [-0.1, -0.05) is 42.7 Å². The van der Waals surface area contributed by atoms with Gasteiger partial charge in [0.1, 0.15) is 0 Å². The molecule has 5 heteroatoms. The van der Waals surface area contributed by atoms with Gasteiger partial charge >= 0.3 is 0 Å². The van der Waals surface area contributed by atoms with Crippen LogP contribution in [0.2, 0.25) is 0 Å². The number of nitrogens with one attached hydrogen (secondary N) is 1. The highest BCUT2D eigenvalue weighted by molar-refractivity contribution is 7.22. The quantitative estimate of drug-likeness (QED) is 0.917. The zero-order valence-corrected chi connectivity index (χ0v) is 14.9. The van der Waals surface area contributed by atoms with Crippen LogP contribution in [0.4, 0.5) is 5.13 Å². The van der Waals surface area contributed by atoms with Gasteiger partial charge in [-0.25, -0.2) is 4.98 Å². The Labute approximate surface area is 147 Å². The van der Waals surface area contributed by atoms with Crippen LogP contribution in [0.25, 0.3) is 10.2 Å². The van der Waals surface area contributed by atoms with Crippen molar-refractivity contribution in [1.82, 2.24) is 10.3 Å². The van der Waals surface area contributed by atoms with Crippen molar-refractivity contribution in [3.63, 3.8) is 0 Å². The smallest absolute Gasteiger partial charge is 0.225 e. The normalized spacial score (nSPS) is 22.7. The van der Waals surface area contributed by atoms with E-state index in [-0.39, 0.29) is 11.8 Å². The third kappa shape index (κ3) is 3.41. The summed E-state index contributed by atoms with van der Waals surface area (Å²) in [6.45, 7) is 1.81. The molecule has 1 aliphatic carbocycles. The summed E-state index contributed by atoms with van der Waals surface area (Å²) in [6.07, 6.45) is 8.21. The van der Waals surface area contributed by atoms with Gasteiger partial charge in [-0.3, -0.25) is 4.79 Å². The summed E-state index contributed by atoms with van der Waals surface area (Å²) in [5.41, 5.74) is 1.06. The fourth-order valence-corrected chi connectivity index (χ4v) is 4.93. The molecule has 4 rings (SSSR count). The molecule has 1 atom stereocenters. The lowest BCUT2D eigenvalue weighted by molar-refractivity contribution is -0.126. The highest BCUT2D eigenvalue weighted by Gasteiger charge is 2.29. The van der Waals surface area contributed by atoms with Crippen LogP contribution in [0.1, 0.15) is 44.9 Å². The lowest BCUT2D eigenvalue weighted by atomic mass is 9.93. The minimum atomic E-state index is 0.104. The first kappa shape index (κ1) is 15.9. The second kappa shape index (κ2) is 7.09. The van der Waals surface area contributed by atoms with Crippen molar-refractivity contribution >= 4 is 32.6 Å². The number of para-hydroxylation sites is 1. The topological polar surface area (TPSA) is 45.2 Å². The van der Waals surface area contributed by atoms with Crippen molar-refractivity contribution in [1.29, 1.82) is 0 Å². The average Bonchev–Trinajstić information content (AvgIpc) is 3.07. The summed E-state index contributed by atoms with van der Waals surface area (Å²) in [6, 6.07) is 8.67. The third-order valence-electron chi connectivity index (χ3n) is 5.30. The van der Waals surface area contributed by atoms with Crippen molar-refractivity contribution in [3.8, 4) is 0 Å². The van der Waals surface area contributed by atoms with Gasteiger partial charge in [0.05, 0.1) is 16.1 Å². The highest BCUT2D eigenvalue weighted by atomic mass is 32.1.